The Hall–Kier alpha value is -2.05. The van der Waals surface area contributed by atoms with E-state index in [2.05, 4.69) is 5.16 Å². The number of amides is 1. The highest BCUT2D eigenvalue weighted by molar-refractivity contribution is 5.99. The number of carbonyl (C=O) groups is 2. The molecule has 0 fully saturated rings. The number of nitrogens with zero attached hydrogens (tertiary/aromatic N) is 2. The summed E-state index contributed by atoms with van der Waals surface area (Å²) < 4.78 is 10.2. The minimum absolute atomic E-state index is 0.216. The summed E-state index contributed by atoms with van der Waals surface area (Å²) in [4.78, 5) is 24.5. The van der Waals surface area contributed by atoms with E-state index in [0.29, 0.717) is 25.1 Å². The van der Waals surface area contributed by atoms with Crippen LogP contribution in [0.1, 0.15) is 43.4 Å². The predicted octanol–water partition coefficient (Wildman–Crippen LogP) is 2.06. The minimum Gasteiger partial charge on any atom is -0.476 e. The van der Waals surface area contributed by atoms with Gasteiger partial charge in [0, 0.05) is 13.0 Å². The maximum atomic E-state index is 12.1. The summed E-state index contributed by atoms with van der Waals surface area (Å²) in [5.74, 6) is -0.810. The van der Waals surface area contributed by atoms with Crippen molar-refractivity contribution in [1.82, 2.24) is 5.16 Å². The number of ether oxygens (including phenoxy) is 1. The molecule has 2 rings (SSSR count). The second kappa shape index (κ2) is 4.56. The fourth-order valence-electron chi connectivity index (χ4n) is 1.91. The van der Waals surface area contributed by atoms with Gasteiger partial charge < -0.3 is 14.4 Å². The van der Waals surface area contributed by atoms with Crippen LogP contribution in [0.3, 0.4) is 0 Å². The van der Waals surface area contributed by atoms with E-state index in [1.54, 1.807) is 20.8 Å². The molecule has 104 valence electrons. The molecule has 19 heavy (non-hydrogen) atoms. The monoisotopic (exact) mass is 268 g/mol. The van der Waals surface area contributed by atoms with Crippen LogP contribution >= 0.6 is 0 Å². The van der Waals surface area contributed by atoms with Crippen molar-refractivity contribution < 1.29 is 24.0 Å². The molecule has 1 aromatic rings. The average molecular weight is 268 g/mol. The molecular formula is C12H16N2O5. The van der Waals surface area contributed by atoms with Crippen LogP contribution in [-0.2, 0) is 11.2 Å². The number of aromatic carboxylic acids is 1. The van der Waals surface area contributed by atoms with Crippen molar-refractivity contribution in [1.29, 1.82) is 0 Å². The lowest BCUT2D eigenvalue weighted by atomic mass is 10.1. The molecule has 0 unspecified atom stereocenters. The first-order chi connectivity index (χ1) is 8.79. The highest BCUT2D eigenvalue weighted by Crippen LogP contribution is 2.32. The van der Waals surface area contributed by atoms with Crippen molar-refractivity contribution in [2.24, 2.45) is 0 Å². The Morgan fingerprint density at radius 1 is 1.42 bits per heavy atom. The first kappa shape index (κ1) is 13.4. The van der Waals surface area contributed by atoms with Crippen LogP contribution in [-0.4, -0.2) is 34.5 Å². The number of carboxylic acids is 1. The molecule has 0 atom stereocenters. The summed E-state index contributed by atoms with van der Waals surface area (Å²) in [6.07, 6.45) is 0.661. The molecule has 0 saturated heterocycles. The summed E-state index contributed by atoms with van der Waals surface area (Å²) in [6, 6.07) is 0. The molecule has 0 saturated carbocycles. The number of rotatable bonds is 1. The zero-order chi connectivity index (χ0) is 14.2. The van der Waals surface area contributed by atoms with Crippen molar-refractivity contribution in [2.45, 2.75) is 39.2 Å². The third-order valence-electron chi connectivity index (χ3n) is 2.61. The molecule has 2 heterocycles. The summed E-state index contributed by atoms with van der Waals surface area (Å²) in [5.41, 5.74) is -0.677. The van der Waals surface area contributed by atoms with Crippen molar-refractivity contribution in [3.05, 3.63) is 11.5 Å². The van der Waals surface area contributed by atoms with Gasteiger partial charge in [-0.05, 0) is 27.2 Å². The van der Waals surface area contributed by atoms with E-state index in [0.717, 1.165) is 0 Å². The maximum absolute atomic E-state index is 12.1. The van der Waals surface area contributed by atoms with E-state index in [4.69, 9.17) is 14.4 Å². The summed E-state index contributed by atoms with van der Waals surface area (Å²) in [7, 11) is 0. The van der Waals surface area contributed by atoms with E-state index < -0.39 is 17.7 Å². The molecule has 1 amide bonds. The topological polar surface area (TPSA) is 92.9 Å². The quantitative estimate of drug-likeness (QED) is 0.838. The highest BCUT2D eigenvalue weighted by atomic mass is 16.6. The van der Waals surface area contributed by atoms with Crippen LogP contribution in [0.25, 0.3) is 0 Å². The largest absolute Gasteiger partial charge is 0.476 e. The fraction of sp³-hybridized carbons (Fsp3) is 0.583. The van der Waals surface area contributed by atoms with Gasteiger partial charge in [0.25, 0.3) is 0 Å². The zero-order valence-electron chi connectivity index (χ0n) is 11.1. The smallest absolute Gasteiger partial charge is 0.414 e. The Bertz CT molecular complexity index is 515. The van der Waals surface area contributed by atoms with Crippen LogP contribution < -0.4 is 4.90 Å². The molecule has 0 aromatic carbocycles. The van der Waals surface area contributed by atoms with E-state index in [-0.39, 0.29) is 11.4 Å². The third-order valence-corrected chi connectivity index (χ3v) is 2.61. The third kappa shape index (κ3) is 2.69. The van der Waals surface area contributed by atoms with Gasteiger partial charge in [-0.15, -0.1) is 0 Å². The normalized spacial score (nSPS) is 15.0. The lowest BCUT2D eigenvalue weighted by molar-refractivity contribution is 0.0576. The number of carbonyl (C=O) groups excluding carboxylic acids is 1. The number of aromatic nitrogens is 1. The second-order valence-electron chi connectivity index (χ2n) is 5.34. The molecule has 1 aromatic heterocycles. The van der Waals surface area contributed by atoms with Crippen molar-refractivity contribution in [3.63, 3.8) is 0 Å². The Morgan fingerprint density at radius 3 is 2.68 bits per heavy atom. The highest BCUT2D eigenvalue weighted by Gasteiger charge is 2.34. The Kier molecular flexibility index (Phi) is 3.21. The van der Waals surface area contributed by atoms with E-state index >= 15 is 0 Å². The molecule has 0 aliphatic carbocycles. The molecule has 1 N–H and O–H groups in total. The van der Waals surface area contributed by atoms with Gasteiger partial charge in [-0.2, -0.15) is 0 Å². The SMILES string of the molecule is CC(C)(C)OC(=O)N1CCCc2onc(C(=O)O)c21. The van der Waals surface area contributed by atoms with Gasteiger partial charge in [0.15, 0.2) is 5.76 Å². The van der Waals surface area contributed by atoms with Gasteiger partial charge in [0.1, 0.15) is 11.3 Å². The molecule has 0 bridgehead atoms. The molecule has 7 heteroatoms. The maximum Gasteiger partial charge on any atom is 0.414 e. The number of hydrogen-bond donors (Lipinski definition) is 1. The van der Waals surface area contributed by atoms with E-state index in [1.807, 2.05) is 0 Å². The minimum atomic E-state index is -1.22. The second-order valence-corrected chi connectivity index (χ2v) is 5.34. The number of anilines is 1. The van der Waals surface area contributed by atoms with Gasteiger partial charge in [-0.1, -0.05) is 5.16 Å². The summed E-state index contributed by atoms with van der Waals surface area (Å²) in [6.45, 7) is 5.65. The van der Waals surface area contributed by atoms with Gasteiger partial charge in [-0.3, -0.25) is 4.90 Å². The number of aryl methyl sites for hydroxylation is 1. The first-order valence-corrected chi connectivity index (χ1v) is 6.02. The summed E-state index contributed by atoms with van der Waals surface area (Å²) >= 11 is 0. The van der Waals surface area contributed by atoms with Crippen LogP contribution in [0.4, 0.5) is 10.5 Å². The van der Waals surface area contributed by atoms with Gasteiger partial charge >= 0.3 is 12.1 Å². The Balaban J connectivity index is 2.33. The number of carboxylic acid groups (broad SMARTS) is 1. The zero-order valence-corrected chi connectivity index (χ0v) is 11.1. The standard InChI is InChI=1S/C12H16N2O5/c1-12(2,3)18-11(17)14-6-4-5-7-9(14)8(10(15)16)13-19-7/h4-6H2,1-3H3,(H,15,16). The number of hydrogen-bond acceptors (Lipinski definition) is 5. The molecule has 0 radical (unpaired) electrons. The first-order valence-electron chi connectivity index (χ1n) is 6.02. The van der Waals surface area contributed by atoms with Gasteiger partial charge in [-0.25, -0.2) is 9.59 Å². The molecule has 1 aliphatic rings. The van der Waals surface area contributed by atoms with Crippen LogP contribution in [0, 0.1) is 0 Å². The molecular weight excluding hydrogens is 252 g/mol. The molecule has 7 nitrogen and oxygen atoms in total. The fourth-order valence-corrected chi connectivity index (χ4v) is 1.91. The van der Waals surface area contributed by atoms with Gasteiger partial charge in [0.05, 0.1) is 0 Å². The van der Waals surface area contributed by atoms with E-state index in [9.17, 15) is 9.59 Å². The van der Waals surface area contributed by atoms with Gasteiger partial charge in [0.2, 0.25) is 5.69 Å². The molecule has 0 spiro atoms. The van der Waals surface area contributed by atoms with Crippen LogP contribution in [0.2, 0.25) is 0 Å². The number of fused-ring (bicyclic) bond motifs is 1. The predicted molar refractivity (Wildman–Crippen MR) is 65.4 cm³/mol. The van der Waals surface area contributed by atoms with Crippen molar-refractivity contribution >= 4 is 17.7 Å². The Morgan fingerprint density at radius 2 is 2.11 bits per heavy atom. The lowest BCUT2D eigenvalue weighted by Gasteiger charge is -2.29. The molecule has 1 aliphatic heterocycles. The van der Waals surface area contributed by atoms with Crippen LogP contribution in [0.5, 0.6) is 0 Å². The van der Waals surface area contributed by atoms with Crippen LogP contribution in [0.15, 0.2) is 4.52 Å². The van der Waals surface area contributed by atoms with E-state index in [1.165, 1.54) is 4.90 Å². The average Bonchev–Trinajstić information content (AvgIpc) is 2.69. The van der Waals surface area contributed by atoms with Crippen molar-refractivity contribution in [3.8, 4) is 0 Å². The van der Waals surface area contributed by atoms with Crippen molar-refractivity contribution in [2.75, 3.05) is 11.4 Å². The summed E-state index contributed by atoms with van der Waals surface area (Å²) in [5, 5.41) is 12.6. The Labute approximate surface area is 110 Å². The lowest BCUT2D eigenvalue weighted by Crippen LogP contribution is -2.40.